The molecule has 0 radical (unpaired) electrons. The zero-order valence-electron chi connectivity index (χ0n) is 15.8. The highest BCUT2D eigenvalue weighted by atomic mass is 16.5. The molecule has 0 aliphatic carbocycles. The van der Waals surface area contributed by atoms with Crippen LogP contribution in [0.3, 0.4) is 0 Å². The molecule has 144 valence electrons. The summed E-state index contributed by atoms with van der Waals surface area (Å²) in [6.45, 7) is 7.52. The van der Waals surface area contributed by atoms with Gasteiger partial charge in [-0.05, 0) is 49.4 Å². The van der Waals surface area contributed by atoms with Crippen LogP contribution in [-0.4, -0.2) is 73.9 Å². The van der Waals surface area contributed by atoms with E-state index in [1.807, 2.05) is 0 Å². The maximum absolute atomic E-state index is 11.0. The fraction of sp³-hybridized carbons (Fsp3) is 0.650. The summed E-state index contributed by atoms with van der Waals surface area (Å²) in [5.41, 5.74) is 2.51. The number of hydrogen-bond acceptors (Lipinski definition) is 4. The number of likely N-dealkylation sites (tertiary alicyclic amines) is 1. The number of ether oxygens (including phenoxy) is 1. The quantitative estimate of drug-likeness (QED) is 0.844. The summed E-state index contributed by atoms with van der Waals surface area (Å²) in [5, 5.41) is 9.03. The number of hydrogen-bond donors (Lipinski definition) is 1. The molecule has 6 heteroatoms. The molecule has 0 atom stereocenters. The second kappa shape index (κ2) is 9.24. The number of anilines is 1. The van der Waals surface area contributed by atoms with Crippen LogP contribution in [0.2, 0.25) is 0 Å². The van der Waals surface area contributed by atoms with Crippen molar-refractivity contribution in [2.75, 3.05) is 57.8 Å². The van der Waals surface area contributed by atoms with Gasteiger partial charge in [0.1, 0.15) is 0 Å². The van der Waals surface area contributed by atoms with Gasteiger partial charge in [0.25, 0.3) is 0 Å². The molecule has 0 bridgehead atoms. The molecule has 1 aromatic carbocycles. The Morgan fingerprint density at radius 3 is 2.54 bits per heavy atom. The van der Waals surface area contributed by atoms with Crippen molar-refractivity contribution in [2.45, 2.75) is 25.9 Å². The van der Waals surface area contributed by atoms with Gasteiger partial charge in [0, 0.05) is 52.1 Å². The molecule has 1 aromatic rings. The molecular weight excluding hydrogens is 330 g/mol. The summed E-state index contributed by atoms with van der Waals surface area (Å²) in [4.78, 5) is 17.5. The zero-order valence-corrected chi connectivity index (χ0v) is 15.8. The van der Waals surface area contributed by atoms with Crippen LogP contribution >= 0.6 is 0 Å². The lowest BCUT2D eigenvalue weighted by molar-refractivity contribution is 0.119. The third-order valence-electron chi connectivity index (χ3n) is 5.70. The van der Waals surface area contributed by atoms with E-state index in [9.17, 15) is 4.79 Å². The number of rotatable bonds is 6. The Hall–Kier alpha value is -1.79. The van der Waals surface area contributed by atoms with E-state index in [4.69, 9.17) is 9.84 Å². The lowest BCUT2D eigenvalue weighted by atomic mass is 9.93. The summed E-state index contributed by atoms with van der Waals surface area (Å²) in [7, 11) is 1.73. The van der Waals surface area contributed by atoms with E-state index in [0.717, 1.165) is 45.6 Å². The van der Waals surface area contributed by atoms with Crippen molar-refractivity contribution in [1.29, 1.82) is 0 Å². The number of methoxy groups -OCH3 is 1. The van der Waals surface area contributed by atoms with E-state index < -0.39 is 6.09 Å². The van der Waals surface area contributed by atoms with Gasteiger partial charge in [-0.3, -0.25) is 4.90 Å². The van der Waals surface area contributed by atoms with Crippen LogP contribution in [-0.2, 0) is 11.3 Å². The van der Waals surface area contributed by atoms with Crippen LogP contribution in [0.1, 0.15) is 24.8 Å². The average Bonchev–Trinajstić information content (AvgIpc) is 2.67. The fourth-order valence-electron chi connectivity index (χ4n) is 4.02. The lowest BCUT2D eigenvalue weighted by Crippen LogP contribution is -2.47. The number of nitrogens with zero attached hydrogens (tertiary/aromatic N) is 3. The molecule has 2 aliphatic heterocycles. The van der Waals surface area contributed by atoms with Gasteiger partial charge in [-0.25, -0.2) is 4.79 Å². The van der Waals surface area contributed by atoms with E-state index in [0.29, 0.717) is 25.6 Å². The van der Waals surface area contributed by atoms with Gasteiger partial charge >= 0.3 is 6.09 Å². The number of carbonyl (C=O) groups is 1. The highest BCUT2D eigenvalue weighted by molar-refractivity contribution is 5.64. The van der Waals surface area contributed by atoms with E-state index in [1.54, 1.807) is 12.0 Å². The summed E-state index contributed by atoms with van der Waals surface area (Å²) in [5.74, 6) is 0.675. The maximum Gasteiger partial charge on any atom is 0.407 e. The Bertz CT molecular complexity index is 579. The highest BCUT2D eigenvalue weighted by Crippen LogP contribution is 2.22. The normalized spacial score (nSPS) is 19.7. The van der Waals surface area contributed by atoms with Crippen molar-refractivity contribution in [1.82, 2.24) is 9.80 Å². The largest absolute Gasteiger partial charge is 0.465 e. The molecule has 6 nitrogen and oxygen atoms in total. The molecule has 0 unspecified atom stereocenters. The molecule has 0 saturated carbocycles. The van der Waals surface area contributed by atoms with Crippen molar-refractivity contribution < 1.29 is 14.6 Å². The minimum atomic E-state index is -0.769. The molecule has 0 spiro atoms. The van der Waals surface area contributed by atoms with Crippen LogP contribution in [0, 0.1) is 5.92 Å². The molecule has 2 aliphatic rings. The van der Waals surface area contributed by atoms with Crippen molar-refractivity contribution in [3.05, 3.63) is 29.8 Å². The first-order valence-corrected chi connectivity index (χ1v) is 9.69. The SMILES string of the molecule is COCc1cccc(N2CCN(CCC3CCN(C(=O)O)CC3)CC2)c1. The van der Waals surface area contributed by atoms with Gasteiger partial charge in [-0.1, -0.05) is 12.1 Å². The Morgan fingerprint density at radius 2 is 1.88 bits per heavy atom. The number of piperazine rings is 1. The molecule has 2 heterocycles. The molecular formula is C20H31N3O3. The summed E-state index contributed by atoms with van der Waals surface area (Å²) in [6, 6.07) is 8.64. The number of carboxylic acid groups (broad SMARTS) is 1. The Morgan fingerprint density at radius 1 is 1.15 bits per heavy atom. The standard InChI is InChI=1S/C20H31N3O3/c1-26-16-18-3-2-4-19(15-18)22-13-11-21(12-14-22)8-5-17-6-9-23(10-7-17)20(24)25/h2-4,15,17H,5-14,16H2,1H3,(H,24,25). The van der Waals surface area contributed by atoms with Gasteiger partial charge in [0.15, 0.2) is 0 Å². The lowest BCUT2D eigenvalue weighted by Gasteiger charge is -2.37. The monoisotopic (exact) mass is 361 g/mol. The third-order valence-corrected chi connectivity index (χ3v) is 5.70. The maximum atomic E-state index is 11.0. The van der Waals surface area contributed by atoms with Crippen molar-refractivity contribution in [3.63, 3.8) is 0 Å². The Balaban J connectivity index is 1.39. The first-order chi connectivity index (χ1) is 12.7. The number of piperidine rings is 1. The van der Waals surface area contributed by atoms with Gasteiger partial charge in [-0.2, -0.15) is 0 Å². The molecule has 2 saturated heterocycles. The first-order valence-electron chi connectivity index (χ1n) is 9.69. The number of amides is 1. The average molecular weight is 361 g/mol. The first kappa shape index (κ1) is 19.0. The second-order valence-electron chi connectivity index (χ2n) is 7.43. The van der Waals surface area contributed by atoms with Gasteiger partial charge in [0.2, 0.25) is 0 Å². The Kier molecular flexibility index (Phi) is 6.74. The van der Waals surface area contributed by atoms with Crippen LogP contribution < -0.4 is 4.90 Å². The van der Waals surface area contributed by atoms with Crippen LogP contribution in [0.4, 0.5) is 10.5 Å². The molecule has 26 heavy (non-hydrogen) atoms. The molecule has 2 fully saturated rings. The zero-order chi connectivity index (χ0) is 18.4. The van der Waals surface area contributed by atoms with E-state index in [-0.39, 0.29) is 0 Å². The molecule has 0 aromatic heterocycles. The van der Waals surface area contributed by atoms with Gasteiger partial charge in [0.05, 0.1) is 6.61 Å². The molecule has 1 N–H and O–H groups in total. The summed E-state index contributed by atoms with van der Waals surface area (Å²) in [6.07, 6.45) is 2.45. The van der Waals surface area contributed by atoms with E-state index >= 15 is 0 Å². The van der Waals surface area contributed by atoms with Gasteiger partial charge < -0.3 is 19.6 Å². The molecule has 1 amide bonds. The Labute approximate surface area is 156 Å². The van der Waals surface area contributed by atoms with Crippen molar-refractivity contribution >= 4 is 11.8 Å². The minimum absolute atomic E-state index is 0.661. The van der Waals surface area contributed by atoms with Crippen molar-refractivity contribution in [3.8, 4) is 0 Å². The predicted octanol–water partition coefficient (Wildman–Crippen LogP) is 2.74. The topological polar surface area (TPSA) is 56.2 Å². The molecule has 3 rings (SSSR count). The fourth-order valence-corrected chi connectivity index (χ4v) is 4.02. The number of benzene rings is 1. The smallest absolute Gasteiger partial charge is 0.407 e. The van der Waals surface area contributed by atoms with Crippen LogP contribution in [0.25, 0.3) is 0 Å². The van der Waals surface area contributed by atoms with E-state index in [1.165, 1.54) is 17.7 Å². The van der Waals surface area contributed by atoms with Crippen LogP contribution in [0.15, 0.2) is 24.3 Å². The minimum Gasteiger partial charge on any atom is -0.465 e. The van der Waals surface area contributed by atoms with Crippen LogP contribution in [0.5, 0.6) is 0 Å². The predicted molar refractivity (Wildman–Crippen MR) is 103 cm³/mol. The van der Waals surface area contributed by atoms with Crippen molar-refractivity contribution in [2.24, 2.45) is 5.92 Å². The summed E-state index contributed by atoms with van der Waals surface area (Å²) >= 11 is 0. The second-order valence-corrected chi connectivity index (χ2v) is 7.43. The van der Waals surface area contributed by atoms with Gasteiger partial charge in [-0.15, -0.1) is 0 Å². The highest BCUT2D eigenvalue weighted by Gasteiger charge is 2.23. The third kappa shape index (κ3) is 5.11. The van der Waals surface area contributed by atoms with E-state index in [2.05, 4.69) is 34.1 Å². The summed E-state index contributed by atoms with van der Waals surface area (Å²) < 4.78 is 5.23.